The Labute approximate surface area is 189 Å². The molecule has 1 saturated carbocycles. The SMILES string of the molecule is NC1CC(N)C(OC2OC(C[NH3+])C(O)C(O)C2O)C(O)C1OC1OC(CO)C(O)C(N)C1O. The van der Waals surface area contributed by atoms with Crippen molar-refractivity contribution in [1.29, 1.82) is 0 Å². The van der Waals surface area contributed by atoms with Crippen LogP contribution in [0.1, 0.15) is 6.42 Å². The molecule has 2 aliphatic heterocycles. The number of aliphatic hydroxyl groups excluding tert-OH is 7. The van der Waals surface area contributed by atoms with Crippen molar-refractivity contribution in [2.24, 2.45) is 17.2 Å². The molecule has 1 aliphatic carbocycles. The fourth-order valence-corrected chi connectivity index (χ4v) is 4.44. The Balaban J connectivity index is 1.72. The van der Waals surface area contributed by atoms with Crippen LogP contribution in [0.15, 0.2) is 0 Å². The molecule has 33 heavy (non-hydrogen) atoms. The lowest BCUT2D eigenvalue weighted by Crippen LogP contribution is -2.69. The van der Waals surface area contributed by atoms with Crippen LogP contribution in [0.2, 0.25) is 0 Å². The van der Waals surface area contributed by atoms with Crippen LogP contribution in [-0.2, 0) is 18.9 Å². The Hall–Kier alpha value is -0.600. The van der Waals surface area contributed by atoms with Crippen LogP contribution in [-0.4, -0.2) is 141 Å². The normalized spacial score (nSPS) is 53.7. The van der Waals surface area contributed by atoms with E-state index < -0.39 is 98.4 Å². The van der Waals surface area contributed by atoms with Gasteiger partial charge in [-0.3, -0.25) is 0 Å². The lowest BCUT2D eigenvalue weighted by molar-refractivity contribution is -0.417. The van der Waals surface area contributed by atoms with E-state index in [-0.39, 0.29) is 13.0 Å². The molecule has 3 fully saturated rings. The van der Waals surface area contributed by atoms with Gasteiger partial charge in [-0.05, 0) is 6.42 Å². The maximum Gasteiger partial charge on any atom is 0.187 e. The van der Waals surface area contributed by atoms with Crippen molar-refractivity contribution in [3.63, 3.8) is 0 Å². The zero-order valence-corrected chi connectivity index (χ0v) is 18.0. The molecule has 2 heterocycles. The largest absolute Gasteiger partial charge is 0.394 e. The zero-order chi connectivity index (χ0) is 24.6. The van der Waals surface area contributed by atoms with Crippen molar-refractivity contribution < 1.29 is 60.4 Å². The first-order valence-corrected chi connectivity index (χ1v) is 10.9. The van der Waals surface area contributed by atoms with Crippen LogP contribution >= 0.6 is 0 Å². The van der Waals surface area contributed by atoms with E-state index in [4.69, 9.17) is 36.1 Å². The summed E-state index contributed by atoms with van der Waals surface area (Å²) in [6.45, 7) is -0.508. The first kappa shape index (κ1) is 27.0. The molecule has 0 bridgehead atoms. The molecule has 15 unspecified atom stereocenters. The Kier molecular flexibility index (Phi) is 8.99. The summed E-state index contributed by atoms with van der Waals surface area (Å²) in [7, 11) is 0. The molecule has 0 spiro atoms. The summed E-state index contributed by atoms with van der Waals surface area (Å²) in [6.07, 6.45) is -16.1. The van der Waals surface area contributed by atoms with Gasteiger partial charge in [-0.1, -0.05) is 0 Å². The van der Waals surface area contributed by atoms with Crippen molar-refractivity contribution in [3.8, 4) is 0 Å². The molecule has 0 radical (unpaired) electrons. The van der Waals surface area contributed by atoms with Crippen LogP contribution < -0.4 is 22.9 Å². The highest BCUT2D eigenvalue weighted by Crippen LogP contribution is 2.31. The van der Waals surface area contributed by atoms with Gasteiger partial charge in [0.2, 0.25) is 0 Å². The van der Waals surface area contributed by atoms with Gasteiger partial charge in [0, 0.05) is 12.1 Å². The van der Waals surface area contributed by atoms with Gasteiger partial charge in [-0.25, -0.2) is 0 Å². The molecule has 3 rings (SSSR count). The van der Waals surface area contributed by atoms with Gasteiger partial charge in [0.15, 0.2) is 12.6 Å². The minimum Gasteiger partial charge on any atom is -0.394 e. The Bertz CT molecular complexity index is 584. The highest BCUT2D eigenvalue weighted by atomic mass is 16.7. The number of hydrogen-bond donors (Lipinski definition) is 11. The van der Waals surface area contributed by atoms with E-state index in [1.165, 1.54) is 0 Å². The maximum atomic E-state index is 10.9. The van der Waals surface area contributed by atoms with Gasteiger partial charge in [-0.2, -0.15) is 0 Å². The number of hydrogen-bond acceptors (Lipinski definition) is 14. The Morgan fingerprint density at radius 2 is 1.21 bits per heavy atom. The average Bonchev–Trinajstić information content (AvgIpc) is 2.79. The monoisotopic (exact) mass is 485 g/mol. The fraction of sp³-hybridized carbons (Fsp3) is 1.00. The van der Waals surface area contributed by atoms with Crippen LogP contribution in [0, 0.1) is 0 Å². The molecule has 0 aromatic heterocycles. The molecular weight excluding hydrogens is 448 g/mol. The minimum atomic E-state index is -1.63. The number of aliphatic hydroxyl groups is 7. The molecule has 15 nitrogen and oxygen atoms in total. The summed E-state index contributed by atoms with van der Waals surface area (Å²) in [5, 5.41) is 71.0. The van der Waals surface area contributed by atoms with E-state index in [2.05, 4.69) is 5.73 Å². The first-order valence-electron chi connectivity index (χ1n) is 10.9. The van der Waals surface area contributed by atoms with E-state index in [0.717, 1.165) is 0 Å². The number of nitrogens with two attached hydrogens (primary N) is 3. The van der Waals surface area contributed by atoms with E-state index in [0.29, 0.717) is 0 Å². The minimum absolute atomic E-state index is 0.0791. The van der Waals surface area contributed by atoms with Gasteiger partial charge >= 0.3 is 0 Å². The van der Waals surface area contributed by atoms with Crippen molar-refractivity contribution >= 4 is 0 Å². The van der Waals surface area contributed by atoms with Gasteiger partial charge in [0.25, 0.3) is 0 Å². The molecular formula is C18H37N4O11+. The van der Waals surface area contributed by atoms with Gasteiger partial charge < -0.3 is 77.6 Å². The Morgan fingerprint density at radius 1 is 0.697 bits per heavy atom. The summed E-state index contributed by atoms with van der Waals surface area (Å²) in [5.74, 6) is 0. The second-order valence-corrected chi connectivity index (χ2v) is 8.84. The van der Waals surface area contributed by atoms with E-state index >= 15 is 0 Å². The van der Waals surface area contributed by atoms with Crippen LogP contribution in [0.5, 0.6) is 0 Å². The molecule has 0 aromatic carbocycles. The van der Waals surface area contributed by atoms with E-state index in [1.54, 1.807) is 0 Å². The second-order valence-electron chi connectivity index (χ2n) is 8.84. The summed E-state index contributed by atoms with van der Waals surface area (Å²) in [5.41, 5.74) is 21.6. The van der Waals surface area contributed by atoms with Gasteiger partial charge in [-0.15, -0.1) is 0 Å². The van der Waals surface area contributed by atoms with Crippen molar-refractivity contribution in [2.45, 2.75) is 98.2 Å². The van der Waals surface area contributed by atoms with Crippen LogP contribution in [0.3, 0.4) is 0 Å². The number of ether oxygens (including phenoxy) is 4. The predicted molar refractivity (Wildman–Crippen MR) is 106 cm³/mol. The van der Waals surface area contributed by atoms with Crippen molar-refractivity contribution in [1.82, 2.24) is 0 Å². The van der Waals surface area contributed by atoms with Crippen LogP contribution in [0.4, 0.5) is 0 Å². The maximum absolute atomic E-state index is 10.9. The highest BCUT2D eigenvalue weighted by Gasteiger charge is 2.51. The number of rotatable bonds is 6. The topological polar surface area (TPSA) is 284 Å². The molecule has 0 amide bonds. The third-order valence-electron chi connectivity index (χ3n) is 6.53. The van der Waals surface area contributed by atoms with Gasteiger partial charge in [0.05, 0.1) is 12.6 Å². The van der Waals surface area contributed by atoms with Crippen LogP contribution in [0.25, 0.3) is 0 Å². The summed E-state index contributed by atoms with van der Waals surface area (Å²) in [4.78, 5) is 0. The third kappa shape index (κ3) is 5.32. The third-order valence-corrected chi connectivity index (χ3v) is 6.53. The lowest BCUT2D eigenvalue weighted by atomic mass is 9.84. The van der Waals surface area contributed by atoms with E-state index in [9.17, 15) is 35.7 Å². The summed E-state index contributed by atoms with van der Waals surface area (Å²) >= 11 is 0. The fourth-order valence-electron chi connectivity index (χ4n) is 4.44. The smallest absolute Gasteiger partial charge is 0.187 e. The molecule has 2 saturated heterocycles. The number of quaternary nitrogens is 1. The molecule has 15 heteroatoms. The van der Waals surface area contributed by atoms with Crippen molar-refractivity contribution in [3.05, 3.63) is 0 Å². The molecule has 3 aliphatic rings. The average molecular weight is 486 g/mol. The Morgan fingerprint density at radius 3 is 1.73 bits per heavy atom. The molecule has 15 atom stereocenters. The highest BCUT2D eigenvalue weighted by molar-refractivity contribution is 5.01. The van der Waals surface area contributed by atoms with Gasteiger partial charge in [0.1, 0.15) is 67.6 Å². The summed E-state index contributed by atoms with van der Waals surface area (Å²) < 4.78 is 22.3. The zero-order valence-electron chi connectivity index (χ0n) is 18.0. The van der Waals surface area contributed by atoms with Crippen molar-refractivity contribution in [2.75, 3.05) is 13.2 Å². The predicted octanol–water partition coefficient (Wildman–Crippen LogP) is -8.01. The summed E-state index contributed by atoms with van der Waals surface area (Å²) in [6, 6.07) is -2.83. The molecule has 16 N–H and O–H groups in total. The van der Waals surface area contributed by atoms with E-state index in [1.807, 2.05) is 0 Å². The first-order chi connectivity index (χ1) is 15.5. The lowest BCUT2D eigenvalue weighted by Gasteiger charge is -2.48. The second kappa shape index (κ2) is 11.0. The quantitative estimate of drug-likeness (QED) is 0.167. The molecule has 0 aromatic rings. The standard InChI is InChI=1S/C18H36N4O11/c19-2-6-10(25)12(27)13(28)18(30-6)33-16-5(21)1-4(20)15(14(16)29)32-17-11(26)8(22)9(24)7(3-23)31-17/h4-18,23-29H,1-3,19-22H2/p+1. The molecule has 194 valence electrons.